The second-order valence-corrected chi connectivity index (χ2v) is 8.11. The highest BCUT2D eigenvalue weighted by Crippen LogP contribution is 2.34. The minimum atomic E-state index is -0.350. The summed E-state index contributed by atoms with van der Waals surface area (Å²) in [5, 5.41) is 8.59. The molecule has 0 spiro atoms. The second kappa shape index (κ2) is 10.3. The van der Waals surface area contributed by atoms with Crippen molar-refractivity contribution in [1.82, 2.24) is 4.90 Å². The summed E-state index contributed by atoms with van der Waals surface area (Å²) in [6, 6.07) is 18.3. The summed E-state index contributed by atoms with van der Waals surface area (Å²) in [4.78, 5) is 27.7. The van der Waals surface area contributed by atoms with E-state index in [1.807, 2.05) is 36.4 Å². The van der Waals surface area contributed by atoms with Crippen LogP contribution in [0.3, 0.4) is 0 Å². The first-order valence-electron chi connectivity index (χ1n) is 10.9. The third-order valence-corrected chi connectivity index (χ3v) is 5.93. The summed E-state index contributed by atoms with van der Waals surface area (Å²) in [6.07, 6.45) is 1.07. The van der Waals surface area contributed by atoms with Gasteiger partial charge in [0.2, 0.25) is 0 Å². The predicted octanol–water partition coefficient (Wildman–Crippen LogP) is 3.98. The maximum absolute atomic E-state index is 13.1. The van der Waals surface area contributed by atoms with Crippen molar-refractivity contribution in [2.24, 2.45) is 5.92 Å². The molecule has 2 aliphatic rings. The summed E-state index contributed by atoms with van der Waals surface area (Å²) in [6.45, 7) is 1.37. The molecular formula is C25H26N2O5. The molecule has 2 unspecified atom stereocenters. The Kier molecular flexibility index (Phi) is 7.03. The zero-order valence-corrected chi connectivity index (χ0v) is 17.8. The van der Waals surface area contributed by atoms with Gasteiger partial charge in [-0.1, -0.05) is 30.3 Å². The number of benzene rings is 2. The Balaban J connectivity index is 1.36. The molecule has 2 aromatic carbocycles. The van der Waals surface area contributed by atoms with Gasteiger partial charge in [-0.05, 0) is 42.7 Å². The number of nitriles is 1. The van der Waals surface area contributed by atoms with Gasteiger partial charge in [0, 0.05) is 11.5 Å². The predicted molar refractivity (Wildman–Crippen MR) is 116 cm³/mol. The average molecular weight is 434 g/mol. The number of carbonyl (C=O) groups is 2. The lowest BCUT2D eigenvalue weighted by atomic mass is 9.81. The molecule has 0 saturated carbocycles. The van der Waals surface area contributed by atoms with E-state index in [-0.39, 0.29) is 36.5 Å². The Hall–Kier alpha value is -3.37. The van der Waals surface area contributed by atoms with E-state index < -0.39 is 0 Å². The molecule has 2 aliphatic heterocycles. The van der Waals surface area contributed by atoms with Crippen molar-refractivity contribution in [3.63, 3.8) is 0 Å². The highest BCUT2D eigenvalue weighted by atomic mass is 16.6. The van der Waals surface area contributed by atoms with Crippen molar-refractivity contribution in [3.8, 4) is 11.8 Å². The number of rotatable bonds is 7. The summed E-state index contributed by atoms with van der Waals surface area (Å²) >= 11 is 0. The summed E-state index contributed by atoms with van der Waals surface area (Å²) < 4.78 is 16.7. The zero-order valence-electron chi connectivity index (χ0n) is 17.8. The van der Waals surface area contributed by atoms with E-state index >= 15 is 0 Å². The van der Waals surface area contributed by atoms with Crippen LogP contribution in [0, 0.1) is 17.2 Å². The zero-order chi connectivity index (χ0) is 22.3. The van der Waals surface area contributed by atoms with E-state index in [0.29, 0.717) is 50.4 Å². The highest BCUT2D eigenvalue weighted by Gasteiger charge is 2.44. The lowest BCUT2D eigenvalue weighted by Crippen LogP contribution is -2.59. The van der Waals surface area contributed by atoms with Gasteiger partial charge in [-0.2, -0.15) is 5.26 Å². The van der Waals surface area contributed by atoms with Gasteiger partial charge in [0.25, 0.3) is 0 Å². The normalized spacial score (nSPS) is 22.0. The number of hydrogen-bond donors (Lipinski definition) is 0. The number of fused-ring (bicyclic) bond motifs is 2. The van der Waals surface area contributed by atoms with Crippen LogP contribution in [-0.4, -0.2) is 48.7 Å². The molecule has 4 rings (SSSR count). The van der Waals surface area contributed by atoms with Gasteiger partial charge in [0.1, 0.15) is 19.0 Å². The van der Waals surface area contributed by atoms with E-state index in [0.717, 1.165) is 5.56 Å². The molecule has 32 heavy (non-hydrogen) atoms. The van der Waals surface area contributed by atoms with E-state index in [1.54, 1.807) is 29.2 Å². The number of amides is 1. The first-order valence-corrected chi connectivity index (χ1v) is 10.9. The number of morpholine rings is 1. The molecule has 0 aliphatic carbocycles. The van der Waals surface area contributed by atoms with Crippen LogP contribution in [0.1, 0.15) is 35.2 Å². The third kappa shape index (κ3) is 5.09. The lowest BCUT2D eigenvalue weighted by molar-refractivity contribution is -0.0755. The minimum absolute atomic E-state index is 0.0720. The molecule has 0 N–H and O–H groups in total. The molecule has 0 radical (unpaired) electrons. The van der Waals surface area contributed by atoms with Gasteiger partial charge in [-0.3, -0.25) is 9.69 Å². The van der Waals surface area contributed by atoms with Crippen LogP contribution in [0.15, 0.2) is 54.6 Å². The maximum atomic E-state index is 13.1. The monoisotopic (exact) mass is 434 g/mol. The summed E-state index contributed by atoms with van der Waals surface area (Å²) in [5.74, 6) is 0.540. The van der Waals surface area contributed by atoms with Crippen molar-refractivity contribution in [2.45, 2.75) is 38.0 Å². The van der Waals surface area contributed by atoms with Crippen LogP contribution >= 0.6 is 0 Å². The molecule has 2 fully saturated rings. The minimum Gasteiger partial charge on any atom is -0.493 e. The molecule has 7 nitrogen and oxygen atoms in total. The first kappa shape index (κ1) is 21.8. The average Bonchev–Trinajstić information content (AvgIpc) is 2.82. The summed E-state index contributed by atoms with van der Waals surface area (Å²) in [7, 11) is 0. The van der Waals surface area contributed by atoms with Crippen molar-refractivity contribution in [2.75, 3.05) is 19.8 Å². The number of Topliss-reactive ketones (excluding diaryl/α,β-unsaturated/α-hetero) is 1. The van der Waals surface area contributed by atoms with Gasteiger partial charge < -0.3 is 14.2 Å². The second-order valence-electron chi connectivity index (χ2n) is 8.11. The molecule has 2 saturated heterocycles. The van der Waals surface area contributed by atoms with Crippen LogP contribution in [0.5, 0.6) is 5.75 Å². The Morgan fingerprint density at radius 1 is 1.03 bits per heavy atom. The van der Waals surface area contributed by atoms with Crippen LogP contribution in [0.4, 0.5) is 4.79 Å². The first-order chi connectivity index (χ1) is 15.7. The quantitative estimate of drug-likeness (QED) is 0.484. The summed E-state index contributed by atoms with van der Waals surface area (Å²) in [5.41, 5.74) is 1.56. The number of carbonyl (C=O) groups excluding carboxylic acids is 2. The SMILES string of the molecule is N#CCCOc1ccc(C(=O)C2CC3COCC(C2)N3C(=O)OCc2ccccc2)cc1. The fraction of sp³-hybridized carbons (Fsp3) is 0.400. The maximum Gasteiger partial charge on any atom is 0.410 e. The number of hydrogen-bond acceptors (Lipinski definition) is 6. The van der Waals surface area contributed by atoms with Gasteiger partial charge in [0.05, 0.1) is 37.8 Å². The number of ketones is 1. The molecule has 7 heteroatoms. The van der Waals surface area contributed by atoms with Crippen LogP contribution in [-0.2, 0) is 16.1 Å². The smallest absolute Gasteiger partial charge is 0.410 e. The molecule has 2 heterocycles. The molecular weight excluding hydrogens is 408 g/mol. The largest absolute Gasteiger partial charge is 0.493 e. The van der Waals surface area contributed by atoms with Gasteiger partial charge in [-0.15, -0.1) is 0 Å². The fourth-order valence-electron chi connectivity index (χ4n) is 4.39. The van der Waals surface area contributed by atoms with Gasteiger partial charge in [0.15, 0.2) is 5.78 Å². The van der Waals surface area contributed by atoms with E-state index in [1.165, 1.54) is 0 Å². The highest BCUT2D eigenvalue weighted by molar-refractivity contribution is 5.98. The number of ether oxygens (including phenoxy) is 3. The third-order valence-electron chi connectivity index (χ3n) is 5.93. The molecule has 0 aromatic heterocycles. The Morgan fingerprint density at radius 2 is 1.72 bits per heavy atom. The molecule has 1 amide bonds. The van der Waals surface area contributed by atoms with Crippen LogP contribution in [0.2, 0.25) is 0 Å². The standard InChI is InChI=1S/C25H26N2O5/c26-11-4-12-31-23-9-7-19(8-10-23)24(28)20-13-21-16-30-17-22(14-20)27(21)25(29)32-15-18-5-2-1-3-6-18/h1-3,5-10,20-22H,4,12-17H2. The number of nitrogens with zero attached hydrogens (tertiary/aromatic N) is 2. The van der Waals surface area contributed by atoms with Crippen LogP contribution < -0.4 is 4.74 Å². The number of piperidine rings is 1. The topological polar surface area (TPSA) is 88.9 Å². The van der Waals surface area contributed by atoms with E-state index in [2.05, 4.69) is 0 Å². The molecule has 166 valence electrons. The van der Waals surface area contributed by atoms with E-state index in [9.17, 15) is 9.59 Å². The van der Waals surface area contributed by atoms with Gasteiger partial charge >= 0.3 is 6.09 Å². The fourth-order valence-corrected chi connectivity index (χ4v) is 4.39. The Bertz CT molecular complexity index is 956. The molecule has 2 atom stereocenters. The van der Waals surface area contributed by atoms with Crippen molar-refractivity contribution in [1.29, 1.82) is 5.26 Å². The molecule has 2 bridgehead atoms. The Labute approximate surface area is 187 Å². The van der Waals surface area contributed by atoms with Crippen LogP contribution in [0.25, 0.3) is 0 Å². The van der Waals surface area contributed by atoms with Crippen molar-refractivity contribution >= 4 is 11.9 Å². The molecule has 2 aromatic rings. The van der Waals surface area contributed by atoms with Gasteiger partial charge in [-0.25, -0.2) is 4.79 Å². The van der Waals surface area contributed by atoms with E-state index in [4.69, 9.17) is 19.5 Å². The lowest BCUT2D eigenvalue weighted by Gasteiger charge is -2.47. The van der Waals surface area contributed by atoms with Crippen molar-refractivity contribution < 1.29 is 23.8 Å². The van der Waals surface area contributed by atoms with Crippen molar-refractivity contribution in [3.05, 3.63) is 65.7 Å². The Morgan fingerprint density at radius 3 is 2.38 bits per heavy atom.